The summed E-state index contributed by atoms with van der Waals surface area (Å²) in [5.74, 6) is 0. The number of alkyl halides is 3. The van der Waals surface area contributed by atoms with Crippen LogP contribution in [0.15, 0.2) is 18.2 Å². The second-order valence-corrected chi connectivity index (χ2v) is 14.7. The highest BCUT2D eigenvalue weighted by atomic mass is 79.9. The number of likely N-dealkylation sites (N-methyl/N-ethyl adjacent to an activating group) is 1. The number of nitrogens with one attached hydrogen (secondary N) is 1. The molecule has 0 saturated heterocycles. The van der Waals surface area contributed by atoms with E-state index >= 15 is 0 Å². The third-order valence-electron chi connectivity index (χ3n) is 8.93. The van der Waals surface area contributed by atoms with Crippen molar-refractivity contribution in [1.82, 2.24) is 0 Å². The highest BCUT2D eigenvalue weighted by Gasteiger charge is 2.36. The van der Waals surface area contributed by atoms with Crippen LogP contribution in [0.25, 0.3) is 0 Å². The molecule has 42 heavy (non-hydrogen) atoms. The van der Waals surface area contributed by atoms with Gasteiger partial charge in [-0.3, -0.25) is 4.72 Å². The van der Waals surface area contributed by atoms with Crippen molar-refractivity contribution >= 4 is 15.7 Å². The molecule has 0 spiro atoms. The molecule has 1 aliphatic rings. The Bertz CT molecular complexity index is 965. The van der Waals surface area contributed by atoms with Crippen molar-refractivity contribution in [3.8, 4) is 0 Å². The van der Waals surface area contributed by atoms with Crippen molar-refractivity contribution in [2.75, 3.05) is 31.4 Å². The third kappa shape index (κ3) is 14.8. The number of quaternary nitrogens is 1. The average molecular weight is 684 g/mol. The van der Waals surface area contributed by atoms with Crippen LogP contribution in [0.3, 0.4) is 0 Å². The monoisotopic (exact) mass is 682 g/mol. The summed E-state index contributed by atoms with van der Waals surface area (Å²) in [7, 11) is -1.68. The van der Waals surface area contributed by atoms with Gasteiger partial charge in [-0.1, -0.05) is 103 Å². The fourth-order valence-corrected chi connectivity index (χ4v) is 7.72. The van der Waals surface area contributed by atoms with Crippen molar-refractivity contribution in [2.45, 2.75) is 147 Å². The number of sulfonamides is 1. The maximum atomic E-state index is 14.2. The molecule has 0 bridgehead atoms. The maximum Gasteiger partial charge on any atom is 0.418 e. The van der Waals surface area contributed by atoms with Gasteiger partial charge in [-0.25, -0.2) is 8.42 Å². The molecule has 0 radical (unpaired) electrons. The Labute approximate surface area is 266 Å². The van der Waals surface area contributed by atoms with Crippen LogP contribution in [0.1, 0.15) is 141 Å². The summed E-state index contributed by atoms with van der Waals surface area (Å²) in [6.07, 6.45) is 14.7. The molecule has 1 unspecified atom stereocenters. The minimum Gasteiger partial charge on any atom is -1.00 e. The first kappa shape index (κ1) is 39.2. The molecular formula is C33H58BrF3N2O2S. The molecule has 1 fully saturated rings. The predicted octanol–water partition coefficient (Wildman–Crippen LogP) is 6.88. The van der Waals surface area contributed by atoms with Gasteiger partial charge in [0.15, 0.2) is 0 Å². The summed E-state index contributed by atoms with van der Waals surface area (Å²) < 4.78 is 72.3. The standard InChI is InChI=1S/C33H58F3N2O2S.BrH/c1-4-6-8-9-13-16-19-26-38(3,25-7-5-2)27-24-29-22-23-32(31(28-29)33(34,35)36)37-41(39,40)30-20-17-14-11-10-12-15-18-21-30;/h22-23,28,30,37H,4-21,24-27H2,1-3H3;1H/q+1;/p-1. The molecule has 2 rings (SSSR count). The minimum absolute atomic E-state index is 0. The largest absolute Gasteiger partial charge is 1.00 e. The van der Waals surface area contributed by atoms with E-state index in [4.69, 9.17) is 0 Å². The van der Waals surface area contributed by atoms with E-state index in [1.54, 1.807) is 6.07 Å². The lowest BCUT2D eigenvalue weighted by atomic mass is 10.0. The number of anilines is 1. The quantitative estimate of drug-likeness (QED) is 0.144. The maximum absolute atomic E-state index is 14.2. The Balaban J connectivity index is 0.00000882. The molecule has 246 valence electrons. The van der Waals surface area contributed by atoms with Gasteiger partial charge in [-0.05, 0) is 49.8 Å². The fourth-order valence-electron chi connectivity index (χ4n) is 6.11. The number of halogens is 4. The van der Waals surface area contributed by atoms with Gasteiger partial charge in [0.1, 0.15) is 0 Å². The Morgan fingerprint density at radius 2 is 1.31 bits per heavy atom. The molecule has 9 heteroatoms. The number of nitrogens with zero attached hydrogens (tertiary/aromatic N) is 1. The number of benzene rings is 1. The molecule has 0 aromatic heterocycles. The van der Waals surface area contributed by atoms with Crippen LogP contribution in [0.2, 0.25) is 0 Å². The van der Waals surface area contributed by atoms with Crippen molar-refractivity contribution in [3.63, 3.8) is 0 Å². The molecule has 1 aromatic rings. The zero-order chi connectivity index (χ0) is 30.2. The second-order valence-electron chi connectivity index (χ2n) is 12.7. The first-order valence-electron chi connectivity index (χ1n) is 16.6. The molecule has 1 N–H and O–H groups in total. The summed E-state index contributed by atoms with van der Waals surface area (Å²) in [6, 6.07) is 4.18. The van der Waals surface area contributed by atoms with Crippen LogP contribution in [-0.2, 0) is 22.6 Å². The zero-order valence-electron chi connectivity index (χ0n) is 26.5. The van der Waals surface area contributed by atoms with Crippen molar-refractivity contribution in [2.24, 2.45) is 0 Å². The second kappa shape index (κ2) is 20.3. The van der Waals surface area contributed by atoms with Crippen LogP contribution in [0.5, 0.6) is 0 Å². The van der Waals surface area contributed by atoms with Gasteiger partial charge in [0.05, 0.1) is 43.2 Å². The molecule has 1 aliphatic carbocycles. The van der Waals surface area contributed by atoms with E-state index in [2.05, 4.69) is 25.6 Å². The molecule has 0 amide bonds. The molecule has 4 nitrogen and oxygen atoms in total. The summed E-state index contributed by atoms with van der Waals surface area (Å²) in [4.78, 5) is 0. The minimum atomic E-state index is -4.64. The lowest BCUT2D eigenvalue weighted by molar-refractivity contribution is -0.909. The number of rotatable bonds is 17. The smallest absolute Gasteiger partial charge is 0.418 e. The van der Waals surface area contributed by atoms with Gasteiger partial charge in [-0.15, -0.1) is 0 Å². The van der Waals surface area contributed by atoms with Gasteiger partial charge >= 0.3 is 6.18 Å². The van der Waals surface area contributed by atoms with Crippen LogP contribution in [0.4, 0.5) is 18.9 Å². The Kier molecular flexibility index (Phi) is 18.9. The van der Waals surface area contributed by atoms with E-state index in [1.165, 1.54) is 57.1 Å². The highest BCUT2D eigenvalue weighted by Crippen LogP contribution is 2.37. The van der Waals surface area contributed by atoms with Crippen molar-refractivity contribution in [1.29, 1.82) is 0 Å². The van der Waals surface area contributed by atoms with Gasteiger partial charge in [-0.2, -0.15) is 13.2 Å². The van der Waals surface area contributed by atoms with Crippen LogP contribution in [0, 0.1) is 0 Å². The van der Waals surface area contributed by atoms with Crippen LogP contribution < -0.4 is 21.7 Å². The normalized spacial score (nSPS) is 17.3. The lowest BCUT2D eigenvalue weighted by Gasteiger charge is -2.35. The fraction of sp³-hybridized carbons (Fsp3) is 0.818. The summed E-state index contributed by atoms with van der Waals surface area (Å²) >= 11 is 0. The number of unbranched alkanes of at least 4 members (excludes halogenated alkanes) is 7. The first-order chi connectivity index (χ1) is 19.5. The van der Waals surface area contributed by atoms with E-state index in [9.17, 15) is 21.6 Å². The Hall–Kier alpha value is -0.800. The van der Waals surface area contributed by atoms with E-state index in [0.29, 0.717) is 24.8 Å². The third-order valence-corrected chi connectivity index (χ3v) is 10.8. The van der Waals surface area contributed by atoms with Gasteiger partial charge in [0.25, 0.3) is 0 Å². The number of hydrogen-bond acceptors (Lipinski definition) is 2. The zero-order valence-corrected chi connectivity index (χ0v) is 29.0. The first-order valence-corrected chi connectivity index (χ1v) is 18.1. The Morgan fingerprint density at radius 1 is 0.786 bits per heavy atom. The molecule has 0 heterocycles. The predicted molar refractivity (Wildman–Crippen MR) is 167 cm³/mol. The summed E-state index contributed by atoms with van der Waals surface area (Å²) in [5, 5.41) is -0.649. The molecule has 0 aliphatic heterocycles. The van der Waals surface area contributed by atoms with E-state index in [1.807, 2.05) is 0 Å². The molecule has 1 atom stereocenters. The number of hydrogen-bond donors (Lipinski definition) is 1. The SMILES string of the molecule is CCCCCCCCC[N+](C)(CCCC)CCc1ccc(NS(=O)(=O)C2CCCCCCCCC2)c(C(F)(F)F)c1.[Br-]. The van der Waals surface area contributed by atoms with Gasteiger partial charge < -0.3 is 21.5 Å². The van der Waals surface area contributed by atoms with E-state index < -0.39 is 27.0 Å². The van der Waals surface area contributed by atoms with Crippen molar-refractivity contribution in [3.05, 3.63) is 29.3 Å². The van der Waals surface area contributed by atoms with Crippen LogP contribution in [-0.4, -0.2) is 44.8 Å². The molecular weight excluding hydrogens is 625 g/mol. The van der Waals surface area contributed by atoms with Gasteiger partial charge in [0, 0.05) is 6.42 Å². The molecule has 1 saturated carbocycles. The average Bonchev–Trinajstić information content (AvgIpc) is 2.93. The highest BCUT2D eigenvalue weighted by molar-refractivity contribution is 7.93. The van der Waals surface area contributed by atoms with E-state index in [0.717, 1.165) is 81.9 Å². The summed E-state index contributed by atoms with van der Waals surface area (Å²) in [6.45, 7) is 7.24. The van der Waals surface area contributed by atoms with Crippen LogP contribution >= 0.6 is 0 Å². The van der Waals surface area contributed by atoms with Gasteiger partial charge in [0.2, 0.25) is 10.0 Å². The Morgan fingerprint density at radius 3 is 1.88 bits per heavy atom. The molecule has 1 aromatic carbocycles. The lowest BCUT2D eigenvalue weighted by Crippen LogP contribution is -3.00. The van der Waals surface area contributed by atoms with E-state index in [-0.39, 0.29) is 22.7 Å². The van der Waals surface area contributed by atoms with Crippen molar-refractivity contribution < 1.29 is 43.1 Å². The topological polar surface area (TPSA) is 46.2 Å². The summed E-state index contributed by atoms with van der Waals surface area (Å²) in [5.41, 5.74) is -0.614.